The van der Waals surface area contributed by atoms with E-state index in [4.69, 9.17) is 9.47 Å². The first-order valence-corrected chi connectivity index (χ1v) is 6.24. The summed E-state index contributed by atoms with van der Waals surface area (Å²) in [5.41, 5.74) is 0.978. The number of thiophene rings is 1. The maximum absolute atomic E-state index is 11.4. The van der Waals surface area contributed by atoms with Gasteiger partial charge in [0.15, 0.2) is 0 Å². The van der Waals surface area contributed by atoms with E-state index >= 15 is 0 Å². The minimum absolute atomic E-state index is 0.286. The first-order valence-electron chi connectivity index (χ1n) is 5.42. The number of nitrogens with zero attached hydrogens (tertiary/aromatic N) is 2. The van der Waals surface area contributed by atoms with Gasteiger partial charge in [0.25, 0.3) is 0 Å². The highest BCUT2D eigenvalue weighted by atomic mass is 32.1. The molecule has 0 saturated carbocycles. The van der Waals surface area contributed by atoms with Crippen LogP contribution in [-0.2, 0) is 16.0 Å². The van der Waals surface area contributed by atoms with Gasteiger partial charge in [0, 0.05) is 6.61 Å². The second-order valence-electron chi connectivity index (χ2n) is 3.97. The number of rotatable bonds is 3. The molecule has 90 valence electrons. The number of esters is 1. The lowest BCUT2D eigenvalue weighted by atomic mass is 10.2. The average Bonchev–Trinajstić information content (AvgIpc) is 2.82. The molecular formula is C11H12N2O3S. The van der Waals surface area contributed by atoms with Crippen molar-refractivity contribution in [1.29, 1.82) is 0 Å². The van der Waals surface area contributed by atoms with Crippen LogP contribution in [0.1, 0.15) is 16.1 Å². The van der Waals surface area contributed by atoms with Crippen LogP contribution < -0.4 is 0 Å². The molecule has 2 aromatic rings. The Balaban J connectivity index is 1.90. The molecule has 0 N–H and O–H groups in total. The predicted octanol–water partition coefficient (Wildman–Crippen LogP) is 1.67. The smallest absolute Gasteiger partial charge is 0.348 e. The number of carbonyl (C=O) groups excluding carboxylic acids is 1. The molecule has 0 aliphatic carbocycles. The summed E-state index contributed by atoms with van der Waals surface area (Å²) < 4.78 is 12.1. The monoisotopic (exact) mass is 252 g/mol. The van der Waals surface area contributed by atoms with Crippen LogP contribution in [0.4, 0.5) is 0 Å². The predicted molar refractivity (Wildman–Crippen MR) is 63.3 cm³/mol. The molecule has 1 atom stereocenters. The van der Waals surface area contributed by atoms with Gasteiger partial charge in [-0.25, -0.2) is 9.78 Å². The van der Waals surface area contributed by atoms with Crippen molar-refractivity contribution in [2.24, 2.45) is 0 Å². The van der Waals surface area contributed by atoms with E-state index in [0.29, 0.717) is 4.88 Å². The summed E-state index contributed by atoms with van der Waals surface area (Å²) in [5.74, 6) is -0.306. The van der Waals surface area contributed by atoms with Gasteiger partial charge in [-0.1, -0.05) is 0 Å². The Labute approximate surface area is 102 Å². The van der Waals surface area contributed by atoms with Gasteiger partial charge >= 0.3 is 5.97 Å². The Bertz CT molecular complexity index is 556. The van der Waals surface area contributed by atoms with Gasteiger partial charge in [-0.3, -0.25) is 0 Å². The number of ether oxygens (including phenoxy) is 2. The third-order valence-electron chi connectivity index (χ3n) is 2.90. The normalized spacial score (nSPS) is 19.2. The molecule has 1 saturated heterocycles. The molecule has 0 unspecified atom stereocenters. The van der Waals surface area contributed by atoms with Crippen LogP contribution in [-0.4, -0.2) is 35.3 Å². The molecule has 0 bridgehead atoms. The highest BCUT2D eigenvalue weighted by Gasteiger charge is 2.20. The summed E-state index contributed by atoms with van der Waals surface area (Å²) in [6.45, 7) is 1.65. The van der Waals surface area contributed by atoms with Crippen molar-refractivity contribution in [1.82, 2.24) is 9.55 Å². The Hall–Kier alpha value is -1.40. The lowest BCUT2D eigenvalue weighted by molar-refractivity contribution is -0.0586. The van der Waals surface area contributed by atoms with Crippen LogP contribution in [0.15, 0.2) is 12.4 Å². The number of methoxy groups -OCH3 is 1. The molecule has 6 heteroatoms. The van der Waals surface area contributed by atoms with Gasteiger partial charge in [-0.05, 0) is 12.5 Å². The molecular weight excluding hydrogens is 240 g/mol. The standard InChI is InChI=1S/C11H12N2O3S/c1-15-11(14)9-4-8-10(17-9)12-6-13(8)5-7-2-3-16-7/h4,6-7H,2-3,5H2,1H3/t7-/m0/s1. The zero-order valence-electron chi connectivity index (χ0n) is 9.38. The summed E-state index contributed by atoms with van der Waals surface area (Å²) in [7, 11) is 1.39. The van der Waals surface area contributed by atoms with Crippen molar-refractivity contribution in [3.8, 4) is 0 Å². The van der Waals surface area contributed by atoms with E-state index in [1.54, 1.807) is 6.33 Å². The topological polar surface area (TPSA) is 53.3 Å². The number of fused-ring (bicyclic) bond motifs is 1. The van der Waals surface area contributed by atoms with Crippen LogP contribution in [0.3, 0.4) is 0 Å². The zero-order valence-corrected chi connectivity index (χ0v) is 10.2. The van der Waals surface area contributed by atoms with E-state index in [1.807, 2.05) is 10.6 Å². The second kappa shape index (κ2) is 4.12. The van der Waals surface area contributed by atoms with Crippen molar-refractivity contribution in [3.63, 3.8) is 0 Å². The first-order chi connectivity index (χ1) is 8.28. The van der Waals surface area contributed by atoms with Crippen molar-refractivity contribution < 1.29 is 14.3 Å². The highest BCUT2D eigenvalue weighted by molar-refractivity contribution is 7.20. The molecule has 5 nitrogen and oxygen atoms in total. The summed E-state index contributed by atoms with van der Waals surface area (Å²) in [6, 6.07) is 1.83. The maximum atomic E-state index is 11.4. The number of hydrogen-bond acceptors (Lipinski definition) is 5. The molecule has 0 radical (unpaired) electrons. The number of aromatic nitrogens is 2. The van der Waals surface area contributed by atoms with Crippen molar-refractivity contribution >= 4 is 27.7 Å². The van der Waals surface area contributed by atoms with Crippen molar-refractivity contribution in [2.45, 2.75) is 19.1 Å². The summed E-state index contributed by atoms with van der Waals surface area (Å²) in [5, 5.41) is 0. The van der Waals surface area contributed by atoms with E-state index in [2.05, 4.69) is 4.98 Å². The van der Waals surface area contributed by atoms with Crippen LogP contribution in [0, 0.1) is 0 Å². The van der Waals surface area contributed by atoms with E-state index in [0.717, 1.165) is 29.9 Å². The number of hydrogen-bond donors (Lipinski definition) is 0. The summed E-state index contributed by atoms with van der Waals surface area (Å²) in [4.78, 5) is 17.2. The molecule has 2 aromatic heterocycles. The second-order valence-corrected chi connectivity index (χ2v) is 5.00. The molecule has 3 rings (SSSR count). The third kappa shape index (κ3) is 1.83. The van der Waals surface area contributed by atoms with E-state index < -0.39 is 0 Å². The molecule has 3 heterocycles. The fourth-order valence-corrected chi connectivity index (χ4v) is 2.78. The van der Waals surface area contributed by atoms with Crippen molar-refractivity contribution in [2.75, 3.05) is 13.7 Å². The molecule has 1 aliphatic heterocycles. The summed E-state index contributed by atoms with van der Waals surface area (Å²) >= 11 is 1.36. The minimum atomic E-state index is -0.306. The van der Waals surface area contributed by atoms with Gasteiger partial charge in [0.2, 0.25) is 0 Å². The van der Waals surface area contributed by atoms with Gasteiger partial charge in [-0.15, -0.1) is 11.3 Å². The maximum Gasteiger partial charge on any atom is 0.348 e. The largest absolute Gasteiger partial charge is 0.465 e. The molecule has 0 spiro atoms. The van der Waals surface area contributed by atoms with Crippen molar-refractivity contribution in [3.05, 3.63) is 17.3 Å². The minimum Gasteiger partial charge on any atom is -0.465 e. The lowest BCUT2D eigenvalue weighted by Crippen LogP contribution is -2.30. The summed E-state index contributed by atoms with van der Waals surface area (Å²) in [6.07, 6.45) is 3.17. The van der Waals surface area contributed by atoms with Crippen LogP contribution in [0.2, 0.25) is 0 Å². The fraction of sp³-hybridized carbons (Fsp3) is 0.455. The third-order valence-corrected chi connectivity index (χ3v) is 3.91. The van der Waals surface area contributed by atoms with Gasteiger partial charge < -0.3 is 14.0 Å². The van der Waals surface area contributed by atoms with Crippen LogP contribution in [0.25, 0.3) is 10.3 Å². The zero-order chi connectivity index (χ0) is 11.8. The Morgan fingerprint density at radius 3 is 3.24 bits per heavy atom. The average molecular weight is 252 g/mol. The quantitative estimate of drug-likeness (QED) is 0.780. The van der Waals surface area contributed by atoms with E-state index in [-0.39, 0.29) is 12.1 Å². The molecule has 1 fully saturated rings. The van der Waals surface area contributed by atoms with E-state index in [1.165, 1.54) is 18.4 Å². The molecule has 0 aromatic carbocycles. The number of carbonyl (C=O) groups is 1. The number of imidazole rings is 1. The Morgan fingerprint density at radius 2 is 2.59 bits per heavy atom. The Kier molecular flexibility index (Phi) is 2.60. The fourth-order valence-electron chi connectivity index (χ4n) is 1.85. The van der Waals surface area contributed by atoms with Crippen LogP contribution in [0.5, 0.6) is 0 Å². The van der Waals surface area contributed by atoms with Crippen LogP contribution >= 0.6 is 11.3 Å². The lowest BCUT2D eigenvalue weighted by Gasteiger charge is -2.26. The Morgan fingerprint density at radius 1 is 1.76 bits per heavy atom. The first kappa shape index (κ1) is 10.7. The van der Waals surface area contributed by atoms with E-state index in [9.17, 15) is 4.79 Å². The molecule has 0 amide bonds. The van der Waals surface area contributed by atoms with Gasteiger partial charge in [0.05, 0.1) is 31.6 Å². The van der Waals surface area contributed by atoms with Gasteiger partial charge in [0.1, 0.15) is 9.71 Å². The molecule has 17 heavy (non-hydrogen) atoms. The van der Waals surface area contributed by atoms with Gasteiger partial charge in [-0.2, -0.15) is 0 Å². The highest BCUT2D eigenvalue weighted by Crippen LogP contribution is 2.26. The SMILES string of the molecule is COC(=O)c1cc2c(ncn2C[C@@H]2CCO2)s1. The molecule has 1 aliphatic rings.